The van der Waals surface area contributed by atoms with Crippen molar-refractivity contribution in [3.8, 4) is 0 Å². The molecule has 0 saturated carbocycles. The van der Waals surface area contributed by atoms with Crippen LogP contribution in [0.1, 0.15) is 0 Å². The van der Waals surface area contributed by atoms with Crippen LogP contribution in [-0.2, 0) is 4.74 Å². The molecule has 0 saturated heterocycles. The Morgan fingerprint density at radius 1 is 1.60 bits per heavy atom. The molecule has 2 heterocycles. The molecule has 0 aliphatic heterocycles. The number of rotatable bonds is 4. The Labute approximate surface area is 85.1 Å². The van der Waals surface area contributed by atoms with Gasteiger partial charge in [0.2, 0.25) is 0 Å². The minimum absolute atomic E-state index is 0.347. The maximum Gasteiger partial charge on any atom is 0.364 e. The van der Waals surface area contributed by atoms with E-state index >= 15 is 0 Å². The van der Waals surface area contributed by atoms with Gasteiger partial charge in [-0.2, -0.15) is 9.61 Å². The van der Waals surface area contributed by atoms with Gasteiger partial charge in [-0.1, -0.05) is 0 Å². The van der Waals surface area contributed by atoms with E-state index in [0.717, 1.165) is 0 Å². The van der Waals surface area contributed by atoms with Crippen LogP contribution in [0.4, 0.5) is 5.82 Å². The van der Waals surface area contributed by atoms with E-state index in [-0.39, 0.29) is 5.69 Å². The Bertz CT molecular complexity index is 503. The largest absolute Gasteiger partial charge is 0.383 e. The maximum atomic E-state index is 11.2. The van der Waals surface area contributed by atoms with Gasteiger partial charge in [0.1, 0.15) is 5.82 Å². The topological polar surface area (TPSA) is 84.3 Å². The molecule has 0 aliphatic carbocycles. The lowest BCUT2D eigenvalue weighted by Crippen LogP contribution is -2.15. The average Bonchev–Trinajstić information content (AvgIpc) is 2.61. The summed E-state index contributed by atoms with van der Waals surface area (Å²) in [5, 5.41) is 13.1. The van der Waals surface area contributed by atoms with E-state index in [1.54, 1.807) is 19.2 Å². The number of hydrogen-bond donors (Lipinski definition) is 2. The monoisotopic (exact) mass is 209 g/mol. The van der Waals surface area contributed by atoms with Gasteiger partial charge in [-0.25, -0.2) is 9.89 Å². The number of methoxy groups -OCH3 is 1. The van der Waals surface area contributed by atoms with Gasteiger partial charge in [0.25, 0.3) is 0 Å². The van der Waals surface area contributed by atoms with Gasteiger partial charge in [-0.05, 0) is 12.1 Å². The van der Waals surface area contributed by atoms with E-state index in [0.29, 0.717) is 24.6 Å². The van der Waals surface area contributed by atoms with Crippen molar-refractivity contribution in [1.82, 2.24) is 19.8 Å². The number of hydrogen-bond acceptors (Lipinski definition) is 5. The van der Waals surface area contributed by atoms with Gasteiger partial charge < -0.3 is 10.1 Å². The zero-order valence-corrected chi connectivity index (χ0v) is 8.23. The predicted octanol–water partition coefficient (Wildman–Crippen LogP) is -0.524. The van der Waals surface area contributed by atoms with E-state index < -0.39 is 0 Å². The first-order chi connectivity index (χ1) is 7.31. The molecule has 0 amide bonds. The van der Waals surface area contributed by atoms with Crippen molar-refractivity contribution in [2.75, 3.05) is 25.6 Å². The number of H-pyrrole nitrogens is 1. The molecule has 0 unspecified atom stereocenters. The van der Waals surface area contributed by atoms with E-state index in [2.05, 4.69) is 20.6 Å². The Kier molecular flexibility index (Phi) is 2.64. The van der Waals surface area contributed by atoms with Crippen LogP contribution in [-0.4, -0.2) is 40.1 Å². The number of aromatic nitrogens is 4. The van der Waals surface area contributed by atoms with Gasteiger partial charge in [-0.3, -0.25) is 0 Å². The SMILES string of the molecule is COCCNc1ccc2n[nH]c(=O)n2n1. The third-order valence-corrected chi connectivity index (χ3v) is 1.89. The smallest absolute Gasteiger partial charge is 0.364 e. The Balaban J connectivity index is 2.22. The predicted molar refractivity (Wildman–Crippen MR) is 54.0 cm³/mol. The molecule has 0 radical (unpaired) electrons. The number of ether oxygens (including phenoxy) is 1. The van der Waals surface area contributed by atoms with Crippen molar-refractivity contribution < 1.29 is 4.74 Å². The highest BCUT2D eigenvalue weighted by molar-refractivity contribution is 5.42. The summed E-state index contributed by atoms with van der Waals surface area (Å²) in [6.45, 7) is 1.22. The minimum atomic E-state index is -0.347. The molecule has 15 heavy (non-hydrogen) atoms. The Morgan fingerprint density at radius 2 is 2.47 bits per heavy atom. The summed E-state index contributed by atoms with van der Waals surface area (Å²) in [5.41, 5.74) is 0.151. The second kappa shape index (κ2) is 4.09. The van der Waals surface area contributed by atoms with Gasteiger partial charge in [-0.15, -0.1) is 5.10 Å². The summed E-state index contributed by atoms with van der Waals surface area (Å²) in [6, 6.07) is 3.46. The highest BCUT2D eigenvalue weighted by atomic mass is 16.5. The van der Waals surface area contributed by atoms with Crippen LogP contribution >= 0.6 is 0 Å². The summed E-state index contributed by atoms with van der Waals surface area (Å²) >= 11 is 0. The van der Waals surface area contributed by atoms with Crippen LogP contribution in [0.3, 0.4) is 0 Å². The standard InChI is InChI=1S/C8H11N5O2/c1-15-5-4-9-6-2-3-7-10-11-8(14)13(7)12-6/h2-3H,4-5H2,1H3,(H,9,12)(H,11,14). The molecule has 0 bridgehead atoms. The normalized spacial score (nSPS) is 10.7. The van der Waals surface area contributed by atoms with Crippen LogP contribution in [0.25, 0.3) is 5.65 Å². The van der Waals surface area contributed by atoms with Gasteiger partial charge in [0.15, 0.2) is 5.65 Å². The number of nitrogens with one attached hydrogen (secondary N) is 2. The van der Waals surface area contributed by atoms with Crippen LogP contribution in [0.15, 0.2) is 16.9 Å². The van der Waals surface area contributed by atoms with E-state index in [4.69, 9.17) is 4.74 Å². The molecule has 7 nitrogen and oxygen atoms in total. The van der Waals surface area contributed by atoms with Crippen molar-refractivity contribution in [2.24, 2.45) is 0 Å². The molecule has 2 rings (SSSR count). The highest BCUT2D eigenvalue weighted by Gasteiger charge is 2.01. The number of aromatic amines is 1. The van der Waals surface area contributed by atoms with Gasteiger partial charge in [0, 0.05) is 13.7 Å². The fourth-order valence-corrected chi connectivity index (χ4v) is 1.18. The molecule has 2 N–H and O–H groups in total. The molecule has 0 atom stereocenters. The Hall–Kier alpha value is -1.89. The average molecular weight is 209 g/mol. The van der Waals surface area contributed by atoms with E-state index in [1.165, 1.54) is 4.52 Å². The first-order valence-corrected chi connectivity index (χ1v) is 4.48. The summed E-state index contributed by atoms with van der Waals surface area (Å²) in [5.74, 6) is 0.614. The third kappa shape index (κ3) is 1.96. The number of fused-ring (bicyclic) bond motifs is 1. The lowest BCUT2D eigenvalue weighted by molar-refractivity contribution is 0.210. The molecular weight excluding hydrogens is 198 g/mol. The highest BCUT2D eigenvalue weighted by Crippen LogP contribution is 2.01. The quantitative estimate of drug-likeness (QED) is 0.662. The van der Waals surface area contributed by atoms with E-state index in [9.17, 15) is 4.79 Å². The van der Waals surface area contributed by atoms with Crippen molar-refractivity contribution in [3.63, 3.8) is 0 Å². The van der Waals surface area contributed by atoms with Gasteiger partial charge in [0.05, 0.1) is 6.61 Å². The molecule has 7 heteroatoms. The van der Waals surface area contributed by atoms with Crippen LogP contribution < -0.4 is 11.0 Å². The zero-order valence-electron chi connectivity index (χ0n) is 8.23. The Morgan fingerprint density at radius 3 is 3.27 bits per heavy atom. The molecule has 0 fully saturated rings. The second-order valence-corrected chi connectivity index (χ2v) is 2.94. The molecule has 0 aliphatic rings. The fraction of sp³-hybridized carbons (Fsp3) is 0.375. The lowest BCUT2D eigenvalue weighted by atomic mass is 10.5. The van der Waals surface area contributed by atoms with Crippen LogP contribution in [0, 0.1) is 0 Å². The zero-order chi connectivity index (χ0) is 10.7. The van der Waals surface area contributed by atoms with E-state index in [1.807, 2.05) is 0 Å². The van der Waals surface area contributed by atoms with Crippen molar-refractivity contribution >= 4 is 11.5 Å². The van der Waals surface area contributed by atoms with Crippen LogP contribution in [0.2, 0.25) is 0 Å². The first-order valence-electron chi connectivity index (χ1n) is 4.48. The summed E-state index contributed by atoms with van der Waals surface area (Å²) in [7, 11) is 1.62. The van der Waals surface area contributed by atoms with Crippen molar-refractivity contribution in [2.45, 2.75) is 0 Å². The molecule has 2 aromatic heterocycles. The fourth-order valence-electron chi connectivity index (χ4n) is 1.18. The summed E-state index contributed by atoms with van der Waals surface area (Å²) < 4.78 is 6.09. The summed E-state index contributed by atoms with van der Waals surface area (Å²) in [6.07, 6.45) is 0. The molecule has 0 aromatic carbocycles. The lowest BCUT2D eigenvalue weighted by Gasteiger charge is -2.03. The minimum Gasteiger partial charge on any atom is -0.383 e. The third-order valence-electron chi connectivity index (χ3n) is 1.89. The molecule has 80 valence electrons. The van der Waals surface area contributed by atoms with Crippen molar-refractivity contribution in [3.05, 3.63) is 22.6 Å². The molecule has 0 spiro atoms. The second-order valence-electron chi connectivity index (χ2n) is 2.94. The number of anilines is 1. The molecular formula is C8H11N5O2. The maximum absolute atomic E-state index is 11.2. The van der Waals surface area contributed by atoms with Gasteiger partial charge >= 0.3 is 5.69 Å². The first kappa shape index (κ1) is 9.66. The number of nitrogens with zero attached hydrogens (tertiary/aromatic N) is 3. The molecule has 2 aromatic rings. The van der Waals surface area contributed by atoms with Crippen molar-refractivity contribution in [1.29, 1.82) is 0 Å². The van der Waals surface area contributed by atoms with Crippen LogP contribution in [0.5, 0.6) is 0 Å². The summed E-state index contributed by atoms with van der Waals surface area (Å²) in [4.78, 5) is 11.2.